The number of alkyl halides is 21. The summed E-state index contributed by atoms with van der Waals surface area (Å²) in [7, 11) is -9.61. The van der Waals surface area contributed by atoms with Crippen molar-refractivity contribution in [1.29, 1.82) is 0 Å². The van der Waals surface area contributed by atoms with E-state index in [4.69, 9.17) is 0 Å². The number of phosphoric ester groups is 1. The highest BCUT2D eigenvalue weighted by Crippen LogP contribution is 2.69. The van der Waals surface area contributed by atoms with Crippen molar-refractivity contribution in [2.75, 3.05) is 0 Å². The van der Waals surface area contributed by atoms with Crippen LogP contribution in [0.1, 0.15) is 0 Å². The third-order valence-corrected chi connectivity index (χ3v) is 4.33. The molecule has 0 aromatic heterocycles. The normalized spacial score (nSPS) is 16.6. The number of phosphoric acid groups is 1. The van der Waals surface area contributed by atoms with Crippen LogP contribution in [0.5, 0.6) is 0 Å². The quantitative estimate of drug-likeness (QED) is 0.233. The summed E-state index contributed by atoms with van der Waals surface area (Å²) in [6.45, 7) is 0. The molecule has 0 saturated heterocycles. The van der Waals surface area contributed by atoms with Gasteiger partial charge in [0.05, 0.1) is 0 Å². The average Bonchev–Trinajstić information content (AvgIpc) is 2.47. The summed E-state index contributed by atoms with van der Waals surface area (Å²) >= 11 is 0. The first-order valence-corrected chi connectivity index (χ1v) is 8.27. The zero-order valence-corrected chi connectivity index (χ0v) is 15.4. The first kappa shape index (κ1) is 33.6. The summed E-state index contributed by atoms with van der Waals surface area (Å²) in [5.74, 6) is -24.4. The standard InChI is InChI=1S/C9F21O4P/c10-1(4(13,14)15,5(16,17)18)32-35(31,33-2(11,6(19,20)21)7(22,23)24)34-3(12,8(25,26)27)9(28,29)30. The average molecular weight is 602 g/mol. The van der Waals surface area contributed by atoms with Crippen molar-refractivity contribution in [2.24, 2.45) is 0 Å². The molecule has 0 aliphatic carbocycles. The molecule has 0 spiro atoms. The minimum absolute atomic E-state index is 1.44. The first-order valence-electron chi connectivity index (χ1n) is 6.81. The van der Waals surface area contributed by atoms with Gasteiger partial charge in [-0.15, -0.1) is 0 Å². The van der Waals surface area contributed by atoms with E-state index >= 15 is 0 Å². The second-order valence-corrected chi connectivity index (χ2v) is 6.94. The molecule has 0 atom stereocenters. The Morgan fingerprint density at radius 2 is 0.429 bits per heavy atom. The maximum Gasteiger partial charge on any atom is 0.484 e. The lowest BCUT2D eigenvalue weighted by molar-refractivity contribution is -0.441. The molecule has 0 rings (SSSR count). The van der Waals surface area contributed by atoms with Crippen molar-refractivity contribution >= 4 is 7.82 Å². The van der Waals surface area contributed by atoms with Gasteiger partial charge in [-0.2, -0.15) is 92.2 Å². The molecule has 26 heteroatoms. The maximum absolute atomic E-state index is 13.5. The minimum Gasteiger partial charge on any atom is -0.232 e. The lowest BCUT2D eigenvalue weighted by Crippen LogP contribution is -2.59. The third kappa shape index (κ3) is 6.14. The van der Waals surface area contributed by atoms with E-state index in [1.165, 1.54) is 13.6 Å². The summed E-state index contributed by atoms with van der Waals surface area (Å²) in [5.41, 5.74) is 0. The zero-order chi connectivity index (χ0) is 29.1. The van der Waals surface area contributed by atoms with Crippen molar-refractivity contribution in [1.82, 2.24) is 0 Å². The molecule has 212 valence electrons. The number of hydrogen-bond acceptors (Lipinski definition) is 4. The smallest absolute Gasteiger partial charge is 0.232 e. The van der Waals surface area contributed by atoms with Crippen LogP contribution in [0.4, 0.5) is 92.2 Å². The fourth-order valence-electron chi connectivity index (χ4n) is 1.31. The van der Waals surface area contributed by atoms with Gasteiger partial charge < -0.3 is 0 Å². The number of rotatable bonds is 6. The van der Waals surface area contributed by atoms with Gasteiger partial charge >= 0.3 is 62.4 Å². The summed E-state index contributed by atoms with van der Waals surface area (Å²) in [5, 5.41) is 0. The fraction of sp³-hybridized carbons (Fsp3) is 1.00. The molecule has 0 heterocycles. The SMILES string of the molecule is O=P(OC(F)(C(F)(F)F)C(F)(F)F)(OC(F)(C(F)(F)F)C(F)(F)F)OC(F)(C(F)(F)F)C(F)(F)F. The lowest BCUT2D eigenvalue weighted by Gasteiger charge is -2.38. The second kappa shape index (κ2) is 8.60. The molecule has 0 radical (unpaired) electrons. The predicted octanol–water partition coefficient (Wildman–Crippen LogP) is 7.52. The molecular formula is C9F21O4P. The highest BCUT2D eigenvalue weighted by Gasteiger charge is 2.84. The van der Waals surface area contributed by atoms with Crippen molar-refractivity contribution in [3.05, 3.63) is 0 Å². The largest absolute Gasteiger partial charge is 0.484 e. The van der Waals surface area contributed by atoms with Gasteiger partial charge in [-0.05, 0) is 0 Å². The van der Waals surface area contributed by atoms with Gasteiger partial charge in [-0.3, -0.25) is 0 Å². The Kier molecular flexibility index (Phi) is 8.27. The Hall–Kier alpha value is -1.36. The Balaban J connectivity index is 7.42. The lowest BCUT2D eigenvalue weighted by atomic mass is 10.3. The van der Waals surface area contributed by atoms with E-state index in [0.29, 0.717) is 0 Å². The summed E-state index contributed by atoms with van der Waals surface area (Å²) in [4.78, 5) is 0. The number of hydrogen-bond donors (Lipinski definition) is 0. The highest BCUT2D eigenvalue weighted by atomic mass is 31.2. The molecule has 4 nitrogen and oxygen atoms in total. The molecule has 0 aromatic rings. The summed E-state index contributed by atoms with van der Waals surface area (Å²) in [6, 6.07) is 0. The minimum atomic E-state index is -9.61. The summed E-state index contributed by atoms with van der Waals surface area (Å²) < 4.78 is 280. The molecule has 0 N–H and O–H groups in total. The van der Waals surface area contributed by atoms with Crippen LogP contribution in [0.2, 0.25) is 0 Å². The molecule has 0 bridgehead atoms. The van der Waals surface area contributed by atoms with Crippen LogP contribution < -0.4 is 0 Å². The van der Waals surface area contributed by atoms with E-state index in [1.807, 2.05) is 0 Å². The van der Waals surface area contributed by atoms with Crippen molar-refractivity contribution < 1.29 is 110 Å². The van der Waals surface area contributed by atoms with Gasteiger partial charge in [0.15, 0.2) is 0 Å². The van der Waals surface area contributed by atoms with Crippen LogP contribution in [0.15, 0.2) is 0 Å². The van der Waals surface area contributed by atoms with Gasteiger partial charge in [0.1, 0.15) is 0 Å². The van der Waals surface area contributed by atoms with Crippen LogP contribution in [0.3, 0.4) is 0 Å². The van der Waals surface area contributed by atoms with Gasteiger partial charge in [0.2, 0.25) is 0 Å². The molecule has 0 fully saturated rings. The van der Waals surface area contributed by atoms with E-state index in [-0.39, 0.29) is 0 Å². The van der Waals surface area contributed by atoms with Crippen molar-refractivity contribution in [3.63, 3.8) is 0 Å². The van der Waals surface area contributed by atoms with E-state index < -0.39 is 62.4 Å². The molecule has 0 aliphatic heterocycles. The summed E-state index contributed by atoms with van der Waals surface area (Å²) in [6.07, 6.45) is -48.0. The van der Waals surface area contributed by atoms with Gasteiger partial charge in [-0.25, -0.2) is 18.1 Å². The fourth-order valence-corrected chi connectivity index (χ4v) is 2.97. The predicted molar refractivity (Wildman–Crippen MR) is 58.7 cm³/mol. The molecule has 35 heavy (non-hydrogen) atoms. The molecule has 0 saturated carbocycles. The zero-order valence-electron chi connectivity index (χ0n) is 14.5. The second-order valence-electron chi connectivity index (χ2n) is 5.49. The van der Waals surface area contributed by atoms with Crippen LogP contribution >= 0.6 is 7.82 Å². The van der Waals surface area contributed by atoms with Crippen LogP contribution in [0, 0.1) is 0 Å². The molecule has 0 aromatic carbocycles. The maximum atomic E-state index is 13.5. The van der Waals surface area contributed by atoms with E-state index in [9.17, 15) is 96.8 Å². The Morgan fingerprint density at radius 1 is 0.314 bits per heavy atom. The topological polar surface area (TPSA) is 44.8 Å². The number of halogens is 21. The van der Waals surface area contributed by atoms with Crippen LogP contribution in [0.25, 0.3) is 0 Å². The molecule has 0 aliphatic rings. The van der Waals surface area contributed by atoms with Gasteiger partial charge in [0.25, 0.3) is 0 Å². The Labute approximate surface area is 174 Å². The third-order valence-electron chi connectivity index (χ3n) is 2.90. The molecule has 0 unspecified atom stereocenters. The Morgan fingerprint density at radius 3 is 0.514 bits per heavy atom. The van der Waals surface area contributed by atoms with Crippen LogP contribution in [-0.4, -0.2) is 54.6 Å². The molecular weight excluding hydrogens is 602 g/mol. The highest BCUT2D eigenvalue weighted by molar-refractivity contribution is 7.48. The van der Waals surface area contributed by atoms with E-state index in [2.05, 4.69) is 0 Å². The molecule has 0 amide bonds. The van der Waals surface area contributed by atoms with Crippen LogP contribution in [-0.2, 0) is 18.1 Å². The first-order chi connectivity index (χ1) is 14.6. The monoisotopic (exact) mass is 602 g/mol. The van der Waals surface area contributed by atoms with Gasteiger partial charge in [0, 0.05) is 0 Å². The van der Waals surface area contributed by atoms with E-state index in [0.717, 1.165) is 0 Å². The Bertz CT molecular complexity index is 648. The van der Waals surface area contributed by atoms with Gasteiger partial charge in [-0.1, -0.05) is 0 Å². The van der Waals surface area contributed by atoms with E-state index in [1.54, 1.807) is 0 Å². The van der Waals surface area contributed by atoms with Crippen molar-refractivity contribution in [3.8, 4) is 0 Å². The van der Waals surface area contributed by atoms with Crippen molar-refractivity contribution in [2.45, 2.75) is 54.6 Å².